The fraction of sp³-hybridized carbons (Fsp3) is 0.500. The monoisotopic (exact) mass is 307 g/mol. The van der Waals surface area contributed by atoms with Crippen LogP contribution in [0.5, 0.6) is 11.5 Å². The Morgan fingerprint density at radius 2 is 2.05 bits per heavy atom. The van der Waals surface area contributed by atoms with Crippen molar-refractivity contribution in [1.82, 2.24) is 5.32 Å². The molecule has 1 aliphatic carbocycles. The quantitative estimate of drug-likeness (QED) is 0.743. The summed E-state index contributed by atoms with van der Waals surface area (Å²) in [6.45, 7) is 2.30. The Kier molecular flexibility index (Phi) is 5.63. The van der Waals surface area contributed by atoms with Crippen LogP contribution in [0.25, 0.3) is 0 Å². The smallest absolute Gasteiger partial charge is 0.338 e. The van der Waals surface area contributed by atoms with E-state index in [9.17, 15) is 9.59 Å². The van der Waals surface area contributed by atoms with Crippen molar-refractivity contribution in [2.75, 3.05) is 20.3 Å². The zero-order valence-corrected chi connectivity index (χ0v) is 12.9. The zero-order valence-electron chi connectivity index (χ0n) is 12.9. The molecule has 1 saturated carbocycles. The molecule has 2 rings (SSSR count). The largest absolute Gasteiger partial charge is 0.493 e. The summed E-state index contributed by atoms with van der Waals surface area (Å²) >= 11 is 0. The Morgan fingerprint density at radius 1 is 1.27 bits per heavy atom. The maximum absolute atomic E-state index is 11.9. The fourth-order valence-electron chi connectivity index (χ4n) is 1.84. The van der Waals surface area contributed by atoms with E-state index >= 15 is 0 Å². The van der Waals surface area contributed by atoms with Crippen molar-refractivity contribution in [3.05, 3.63) is 23.8 Å². The van der Waals surface area contributed by atoms with E-state index in [2.05, 4.69) is 5.32 Å². The predicted octanol–water partition coefficient (Wildman–Crippen LogP) is 1.92. The number of esters is 1. The first-order valence-corrected chi connectivity index (χ1v) is 7.41. The normalized spacial score (nSPS) is 13.4. The highest BCUT2D eigenvalue weighted by molar-refractivity contribution is 5.92. The van der Waals surface area contributed by atoms with Crippen molar-refractivity contribution in [3.63, 3.8) is 0 Å². The number of hydrogen-bond acceptors (Lipinski definition) is 5. The molecule has 22 heavy (non-hydrogen) atoms. The Balaban J connectivity index is 1.92. The van der Waals surface area contributed by atoms with E-state index in [0.29, 0.717) is 23.7 Å². The molecule has 6 heteroatoms. The molecule has 0 bridgehead atoms. The maximum Gasteiger partial charge on any atom is 0.338 e. The van der Waals surface area contributed by atoms with Gasteiger partial charge in [-0.15, -0.1) is 0 Å². The van der Waals surface area contributed by atoms with Gasteiger partial charge in [0.2, 0.25) is 0 Å². The van der Waals surface area contributed by atoms with Crippen LogP contribution in [-0.4, -0.2) is 38.2 Å². The van der Waals surface area contributed by atoms with Crippen LogP contribution in [0.4, 0.5) is 0 Å². The van der Waals surface area contributed by atoms with Gasteiger partial charge in [-0.3, -0.25) is 4.79 Å². The molecular formula is C16H21NO5. The molecule has 0 unspecified atom stereocenters. The fourth-order valence-corrected chi connectivity index (χ4v) is 1.84. The highest BCUT2D eigenvalue weighted by Crippen LogP contribution is 2.28. The third-order valence-corrected chi connectivity index (χ3v) is 3.14. The molecule has 0 radical (unpaired) electrons. The number of carbonyl (C=O) groups is 2. The molecule has 1 amide bonds. The summed E-state index contributed by atoms with van der Waals surface area (Å²) in [5.74, 6) is 0.203. The van der Waals surface area contributed by atoms with Gasteiger partial charge in [-0.25, -0.2) is 4.79 Å². The molecule has 1 N–H and O–H groups in total. The Bertz CT molecular complexity index is 539. The lowest BCUT2D eigenvalue weighted by Gasteiger charge is -2.11. The van der Waals surface area contributed by atoms with E-state index in [4.69, 9.17) is 14.2 Å². The summed E-state index contributed by atoms with van der Waals surface area (Å²) in [7, 11) is 1.51. The summed E-state index contributed by atoms with van der Waals surface area (Å²) in [4.78, 5) is 23.4. The molecular weight excluding hydrogens is 286 g/mol. The van der Waals surface area contributed by atoms with Crippen molar-refractivity contribution in [2.24, 2.45) is 0 Å². The van der Waals surface area contributed by atoms with Crippen molar-refractivity contribution >= 4 is 11.9 Å². The van der Waals surface area contributed by atoms with E-state index in [0.717, 1.165) is 19.3 Å². The van der Waals surface area contributed by atoms with E-state index in [-0.39, 0.29) is 18.6 Å². The molecule has 1 fully saturated rings. The minimum atomic E-state index is -0.564. The van der Waals surface area contributed by atoms with Crippen LogP contribution < -0.4 is 14.8 Å². The predicted molar refractivity (Wildman–Crippen MR) is 80.2 cm³/mol. The average Bonchev–Trinajstić information content (AvgIpc) is 3.34. The van der Waals surface area contributed by atoms with Gasteiger partial charge in [0.25, 0.3) is 5.91 Å². The number of rotatable bonds is 8. The van der Waals surface area contributed by atoms with Crippen LogP contribution >= 0.6 is 0 Å². The molecule has 0 aliphatic heterocycles. The van der Waals surface area contributed by atoms with Crippen LogP contribution in [-0.2, 0) is 9.53 Å². The van der Waals surface area contributed by atoms with Gasteiger partial charge in [-0.2, -0.15) is 0 Å². The minimum absolute atomic E-state index is 0.251. The summed E-state index contributed by atoms with van der Waals surface area (Å²) in [6, 6.07) is 5.05. The van der Waals surface area contributed by atoms with Crippen molar-refractivity contribution < 1.29 is 23.8 Å². The molecule has 120 valence electrons. The summed E-state index contributed by atoms with van der Waals surface area (Å²) in [5, 5.41) is 2.75. The van der Waals surface area contributed by atoms with E-state index in [1.165, 1.54) is 7.11 Å². The lowest BCUT2D eigenvalue weighted by atomic mass is 10.2. The van der Waals surface area contributed by atoms with Gasteiger partial charge in [0.1, 0.15) is 0 Å². The molecule has 0 heterocycles. The molecule has 6 nitrogen and oxygen atoms in total. The summed E-state index contributed by atoms with van der Waals surface area (Å²) in [6.07, 6.45) is 2.87. The van der Waals surface area contributed by atoms with Crippen molar-refractivity contribution in [3.8, 4) is 11.5 Å². The number of nitrogens with one attached hydrogen (secondary N) is 1. The molecule has 1 aromatic rings. The summed E-state index contributed by atoms with van der Waals surface area (Å²) in [5.41, 5.74) is 0.319. The average molecular weight is 307 g/mol. The molecule has 1 aromatic carbocycles. The topological polar surface area (TPSA) is 73.9 Å². The standard InChI is InChI=1S/C16H21NO5/c1-3-8-21-13-7-4-11(9-14(13)20-2)16(19)22-10-15(18)17-12-5-6-12/h4,7,9,12H,3,5-6,8,10H2,1-2H3,(H,17,18). The second-order valence-corrected chi connectivity index (χ2v) is 5.13. The molecule has 1 aliphatic rings. The van der Waals surface area contributed by atoms with Gasteiger partial charge in [-0.1, -0.05) is 6.92 Å². The van der Waals surface area contributed by atoms with Gasteiger partial charge in [0, 0.05) is 6.04 Å². The first kappa shape index (κ1) is 16.1. The van der Waals surface area contributed by atoms with Gasteiger partial charge >= 0.3 is 5.97 Å². The SMILES string of the molecule is CCCOc1ccc(C(=O)OCC(=O)NC2CC2)cc1OC. The Morgan fingerprint density at radius 3 is 2.68 bits per heavy atom. The van der Waals surface area contributed by atoms with Crippen molar-refractivity contribution in [2.45, 2.75) is 32.2 Å². The highest BCUT2D eigenvalue weighted by Gasteiger charge is 2.23. The zero-order chi connectivity index (χ0) is 15.9. The minimum Gasteiger partial charge on any atom is -0.493 e. The molecule has 0 atom stereocenters. The van der Waals surface area contributed by atoms with Crippen LogP contribution in [0, 0.1) is 0 Å². The number of amides is 1. The Labute approximate surface area is 129 Å². The first-order valence-electron chi connectivity index (χ1n) is 7.41. The number of ether oxygens (including phenoxy) is 3. The number of benzene rings is 1. The summed E-state index contributed by atoms with van der Waals surface area (Å²) < 4.78 is 15.7. The van der Waals surface area contributed by atoms with Gasteiger partial charge in [0.15, 0.2) is 18.1 Å². The van der Waals surface area contributed by atoms with E-state index < -0.39 is 5.97 Å². The highest BCUT2D eigenvalue weighted by atomic mass is 16.5. The third kappa shape index (κ3) is 4.65. The number of methoxy groups -OCH3 is 1. The molecule has 0 spiro atoms. The van der Waals surface area contributed by atoms with E-state index in [1.807, 2.05) is 6.92 Å². The second-order valence-electron chi connectivity index (χ2n) is 5.13. The van der Waals surface area contributed by atoms with Crippen LogP contribution in [0.3, 0.4) is 0 Å². The maximum atomic E-state index is 11.9. The van der Waals surface area contributed by atoms with E-state index in [1.54, 1.807) is 18.2 Å². The Hall–Kier alpha value is -2.24. The number of carbonyl (C=O) groups excluding carboxylic acids is 2. The third-order valence-electron chi connectivity index (χ3n) is 3.14. The van der Waals surface area contributed by atoms with Crippen LogP contribution in [0.1, 0.15) is 36.5 Å². The number of hydrogen-bond donors (Lipinski definition) is 1. The second kappa shape index (κ2) is 7.68. The van der Waals surface area contributed by atoms with Crippen LogP contribution in [0.15, 0.2) is 18.2 Å². The first-order chi connectivity index (χ1) is 10.6. The lowest BCUT2D eigenvalue weighted by Crippen LogP contribution is -2.30. The van der Waals surface area contributed by atoms with Crippen LogP contribution in [0.2, 0.25) is 0 Å². The molecule has 0 saturated heterocycles. The molecule has 0 aromatic heterocycles. The van der Waals surface area contributed by atoms with Gasteiger partial charge < -0.3 is 19.5 Å². The van der Waals surface area contributed by atoms with Gasteiger partial charge in [0.05, 0.1) is 19.3 Å². The lowest BCUT2D eigenvalue weighted by molar-refractivity contribution is -0.124. The van der Waals surface area contributed by atoms with Gasteiger partial charge in [-0.05, 0) is 37.5 Å². The van der Waals surface area contributed by atoms with Crippen molar-refractivity contribution in [1.29, 1.82) is 0 Å².